The van der Waals surface area contributed by atoms with Gasteiger partial charge in [-0.1, -0.05) is 19.1 Å². The highest BCUT2D eigenvalue weighted by Crippen LogP contribution is 2.40. The summed E-state index contributed by atoms with van der Waals surface area (Å²) in [6, 6.07) is 7.11. The van der Waals surface area contributed by atoms with Crippen molar-refractivity contribution >= 4 is 61.5 Å². The Morgan fingerprint density at radius 2 is 2.11 bits per heavy atom. The van der Waals surface area contributed by atoms with Crippen LogP contribution < -0.4 is 10.6 Å². The summed E-state index contributed by atoms with van der Waals surface area (Å²) in [5.74, 6) is -0.0919. The second-order valence-electron chi connectivity index (χ2n) is 6.66. The molecule has 3 rings (SSSR count). The van der Waals surface area contributed by atoms with Crippen molar-refractivity contribution in [3.8, 4) is 0 Å². The monoisotopic (exact) mass is 480 g/mol. The largest absolute Gasteiger partial charge is 0.462 e. The molecule has 1 amide bonds. The zero-order valence-electron chi connectivity index (χ0n) is 15.6. The van der Waals surface area contributed by atoms with E-state index in [0.29, 0.717) is 33.1 Å². The summed E-state index contributed by atoms with van der Waals surface area (Å²) in [6.45, 7) is 4.30. The Hall–Kier alpha value is -1.77. The molecule has 2 N–H and O–H groups in total. The second kappa shape index (κ2) is 9.15. The first-order valence-corrected chi connectivity index (χ1v) is 11.1. The van der Waals surface area contributed by atoms with Crippen LogP contribution in [0.15, 0.2) is 28.7 Å². The van der Waals surface area contributed by atoms with E-state index < -0.39 is 0 Å². The molecule has 0 unspecified atom stereocenters. The number of esters is 1. The second-order valence-corrected chi connectivity index (χ2v) is 9.03. The number of halogens is 1. The molecule has 0 spiro atoms. The van der Waals surface area contributed by atoms with Gasteiger partial charge in [-0.3, -0.25) is 10.1 Å². The number of nitrogens with one attached hydrogen (secondary N) is 2. The molecular formula is C20H21BrN2O3S2. The van der Waals surface area contributed by atoms with Crippen LogP contribution >= 0.6 is 39.5 Å². The van der Waals surface area contributed by atoms with Crippen LogP contribution in [0.1, 0.15) is 51.4 Å². The van der Waals surface area contributed by atoms with Crippen molar-refractivity contribution in [2.24, 2.45) is 5.92 Å². The highest BCUT2D eigenvalue weighted by atomic mass is 79.9. The maximum absolute atomic E-state index is 12.6. The lowest BCUT2D eigenvalue weighted by atomic mass is 9.88. The van der Waals surface area contributed by atoms with Gasteiger partial charge in [-0.15, -0.1) is 11.3 Å². The van der Waals surface area contributed by atoms with E-state index in [-0.39, 0.29) is 17.0 Å². The SMILES string of the molecule is CCOC(=O)c1c(NC(=S)NC(=O)c2ccccc2Br)sc2c1CC[C@H](C)C2. The average molecular weight is 481 g/mol. The topological polar surface area (TPSA) is 67.4 Å². The third-order valence-corrected chi connectivity index (χ3v) is 6.63. The minimum absolute atomic E-state index is 0.151. The predicted octanol–water partition coefficient (Wildman–Crippen LogP) is 4.94. The van der Waals surface area contributed by atoms with Crippen LogP contribution in [-0.2, 0) is 17.6 Å². The smallest absolute Gasteiger partial charge is 0.341 e. The van der Waals surface area contributed by atoms with E-state index in [4.69, 9.17) is 17.0 Å². The van der Waals surface area contributed by atoms with E-state index in [1.54, 1.807) is 25.1 Å². The molecule has 1 atom stereocenters. The molecule has 2 aromatic rings. The van der Waals surface area contributed by atoms with Gasteiger partial charge in [0.05, 0.1) is 17.7 Å². The summed E-state index contributed by atoms with van der Waals surface area (Å²) in [7, 11) is 0. The van der Waals surface area contributed by atoms with Gasteiger partial charge in [0, 0.05) is 9.35 Å². The Balaban J connectivity index is 1.81. The number of hydrogen-bond donors (Lipinski definition) is 2. The van der Waals surface area contributed by atoms with Gasteiger partial charge < -0.3 is 10.1 Å². The Morgan fingerprint density at radius 3 is 2.82 bits per heavy atom. The number of carbonyl (C=O) groups excluding carboxylic acids is 2. The zero-order valence-corrected chi connectivity index (χ0v) is 18.9. The summed E-state index contributed by atoms with van der Waals surface area (Å²) in [5, 5.41) is 6.51. The minimum Gasteiger partial charge on any atom is -0.462 e. The van der Waals surface area contributed by atoms with Gasteiger partial charge in [-0.25, -0.2) is 4.79 Å². The molecule has 1 aliphatic carbocycles. The van der Waals surface area contributed by atoms with Gasteiger partial charge in [0.2, 0.25) is 0 Å². The van der Waals surface area contributed by atoms with Gasteiger partial charge >= 0.3 is 5.97 Å². The van der Waals surface area contributed by atoms with E-state index in [1.165, 1.54) is 16.2 Å². The molecule has 1 aliphatic rings. The number of carbonyl (C=O) groups is 2. The minimum atomic E-state index is -0.350. The van der Waals surface area contributed by atoms with E-state index in [9.17, 15) is 9.59 Å². The fraction of sp³-hybridized carbons (Fsp3) is 0.350. The Bertz CT molecular complexity index is 926. The van der Waals surface area contributed by atoms with Crippen molar-refractivity contribution in [3.05, 3.63) is 50.3 Å². The lowest BCUT2D eigenvalue weighted by Gasteiger charge is -2.18. The Kier molecular flexibility index (Phi) is 6.85. The quantitative estimate of drug-likeness (QED) is 0.479. The third-order valence-electron chi connectivity index (χ3n) is 4.56. The molecule has 1 heterocycles. The summed E-state index contributed by atoms with van der Waals surface area (Å²) in [6.07, 6.45) is 2.82. The first-order valence-electron chi connectivity index (χ1n) is 9.09. The van der Waals surface area contributed by atoms with E-state index in [1.807, 2.05) is 6.07 Å². The van der Waals surface area contributed by atoms with Gasteiger partial charge in [0.1, 0.15) is 5.00 Å². The van der Waals surface area contributed by atoms with Crippen molar-refractivity contribution in [3.63, 3.8) is 0 Å². The van der Waals surface area contributed by atoms with Gasteiger partial charge in [0.25, 0.3) is 5.91 Å². The molecule has 1 aromatic heterocycles. The van der Waals surface area contributed by atoms with Gasteiger partial charge in [0.15, 0.2) is 5.11 Å². The highest BCUT2D eigenvalue weighted by molar-refractivity contribution is 9.10. The van der Waals surface area contributed by atoms with Crippen molar-refractivity contribution in [2.75, 3.05) is 11.9 Å². The van der Waals surface area contributed by atoms with E-state index in [0.717, 1.165) is 24.8 Å². The van der Waals surface area contributed by atoms with Crippen LogP contribution in [0.5, 0.6) is 0 Å². The number of benzene rings is 1. The number of hydrogen-bond acceptors (Lipinski definition) is 5. The van der Waals surface area contributed by atoms with Crippen LogP contribution in [0, 0.1) is 5.92 Å². The molecule has 0 saturated carbocycles. The van der Waals surface area contributed by atoms with Crippen LogP contribution in [0.25, 0.3) is 0 Å². The molecule has 0 fully saturated rings. The maximum atomic E-state index is 12.6. The number of ether oxygens (including phenoxy) is 1. The molecule has 0 bridgehead atoms. The lowest BCUT2D eigenvalue weighted by molar-refractivity contribution is 0.0526. The summed E-state index contributed by atoms with van der Waals surface area (Å²) in [4.78, 5) is 26.2. The van der Waals surface area contributed by atoms with E-state index >= 15 is 0 Å². The van der Waals surface area contributed by atoms with Gasteiger partial charge in [-0.2, -0.15) is 0 Å². The summed E-state index contributed by atoms with van der Waals surface area (Å²) < 4.78 is 5.94. The molecule has 5 nitrogen and oxygen atoms in total. The third kappa shape index (κ3) is 4.61. The molecule has 0 aliphatic heterocycles. The highest BCUT2D eigenvalue weighted by Gasteiger charge is 2.29. The standard InChI is InChI=1S/C20H21BrN2O3S2/c1-3-26-19(25)16-13-9-8-11(2)10-15(13)28-18(16)23-20(27)22-17(24)12-6-4-5-7-14(12)21/h4-7,11H,3,8-10H2,1-2H3,(H2,22,23,24,27)/t11-/m0/s1. The van der Waals surface area contributed by atoms with Crippen molar-refractivity contribution in [1.82, 2.24) is 5.32 Å². The molecule has 28 heavy (non-hydrogen) atoms. The van der Waals surface area contributed by atoms with Crippen molar-refractivity contribution < 1.29 is 14.3 Å². The van der Waals surface area contributed by atoms with Crippen molar-refractivity contribution in [2.45, 2.75) is 33.1 Å². The zero-order chi connectivity index (χ0) is 20.3. The number of amides is 1. The average Bonchev–Trinajstić information content (AvgIpc) is 2.98. The molecule has 8 heteroatoms. The van der Waals surface area contributed by atoms with Crippen LogP contribution in [0.3, 0.4) is 0 Å². The molecule has 0 saturated heterocycles. The Labute approximate surface area is 182 Å². The first-order chi connectivity index (χ1) is 13.4. The van der Waals surface area contributed by atoms with Crippen LogP contribution in [0.2, 0.25) is 0 Å². The number of anilines is 1. The summed E-state index contributed by atoms with van der Waals surface area (Å²) in [5.41, 5.74) is 2.08. The van der Waals surface area contributed by atoms with Crippen molar-refractivity contribution in [1.29, 1.82) is 0 Å². The molecule has 0 radical (unpaired) electrons. The Morgan fingerprint density at radius 1 is 1.36 bits per heavy atom. The summed E-state index contributed by atoms with van der Waals surface area (Å²) >= 11 is 10.2. The first kappa shape index (κ1) is 21.0. The van der Waals surface area contributed by atoms with Crippen LogP contribution in [0.4, 0.5) is 5.00 Å². The number of thiophene rings is 1. The predicted molar refractivity (Wildman–Crippen MR) is 119 cm³/mol. The van der Waals surface area contributed by atoms with Gasteiger partial charge in [-0.05, 0) is 77.9 Å². The molecular weight excluding hydrogens is 460 g/mol. The maximum Gasteiger partial charge on any atom is 0.341 e. The molecule has 148 valence electrons. The van der Waals surface area contributed by atoms with Crippen LogP contribution in [-0.4, -0.2) is 23.6 Å². The fourth-order valence-corrected chi connectivity index (χ4v) is 5.34. The number of fused-ring (bicyclic) bond motifs is 1. The number of thiocarbonyl (C=S) groups is 1. The molecule has 1 aromatic carbocycles. The lowest BCUT2D eigenvalue weighted by Crippen LogP contribution is -2.34. The van der Waals surface area contributed by atoms with E-state index in [2.05, 4.69) is 33.5 Å². The number of rotatable bonds is 4. The fourth-order valence-electron chi connectivity index (χ4n) is 3.21. The normalized spacial score (nSPS) is 15.5.